The maximum atomic E-state index is 12.4. The van der Waals surface area contributed by atoms with E-state index in [1.54, 1.807) is 17.6 Å². The molecular formula is C47H53F3N12O3. The van der Waals surface area contributed by atoms with Crippen molar-refractivity contribution in [3.05, 3.63) is 108 Å². The number of carbonyl (C=O) groups excluding carboxylic acids is 2. The summed E-state index contributed by atoms with van der Waals surface area (Å²) in [4.78, 5) is 61.7. The number of pyridine rings is 2. The first-order chi connectivity index (χ1) is 31.2. The van der Waals surface area contributed by atoms with Gasteiger partial charge < -0.3 is 34.7 Å². The Labute approximate surface area is 374 Å². The van der Waals surface area contributed by atoms with Crippen LogP contribution in [0, 0.1) is 0 Å². The van der Waals surface area contributed by atoms with Crippen molar-refractivity contribution < 1.29 is 27.5 Å². The second kappa shape index (κ2) is 18.8. The monoisotopic (exact) mass is 890 g/mol. The molecular weight excluding hydrogens is 838 g/mol. The number of alkyl halides is 3. The van der Waals surface area contributed by atoms with Crippen LogP contribution in [-0.4, -0.2) is 107 Å². The smallest absolute Gasteiger partial charge is 0.444 e. The van der Waals surface area contributed by atoms with Crippen LogP contribution in [0.5, 0.6) is 0 Å². The van der Waals surface area contributed by atoms with E-state index in [1.807, 2.05) is 45.6 Å². The van der Waals surface area contributed by atoms with Crippen LogP contribution in [0.4, 0.5) is 29.3 Å². The number of aldehydes is 1. The summed E-state index contributed by atoms with van der Waals surface area (Å²) in [6.45, 7) is 14.8. The van der Waals surface area contributed by atoms with Crippen LogP contribution < -0.4 is 15.1 Å². The Morgan fingerprint density at radius 3 is 1.72 bits per heavy atom. The lowest BCUT2D eigenvalue weighted by atomic mass is 9.93. The van der Waals surface area contributed by atoms with Crippen molar-refractivity contribution in [2.45, 2.75) is 97.3 Å². The maximum Gasteiger partial charge on any atom is 0.446 e. The Morgan fingerprint density at radius 1 is 0.754 bits per heavy atom. The fourth-order valence-electron chi connectivity index (χ4n) is 8.82. The van der Waals surface area contributed by atoms with Gasteiger partial charge >= 0.3 is 12.3 Å². The van der Waals surface area contributed by atoms with Crippen molar-refractivity contribution in [2.75, 3.05) is 36.0 Å². The number of carbonyl (C=O) groups is 2. The van der Waals surface area contributed by atoms with E-state index in [2.05, 4.69) is 100 Å². The molecule has 6 aromatic rings. The molecule has 340 valence electrons. The van der Waals surface area contributed by atoms with Crippen molar-refractivity contribution in [1.29, 1.82) is 0 Å². The quantitative estimate of drug-likeness (QED) is 0.147. The van der Waals surface area contributed by atoms with E-state index in [9.17, 15) is 18.0 Å². The molecule has 2 atom stereocenters. The Kier molecular flexibility index (Phi) is 13.0. The minimum atomic E-state index is -4.64. The summed E-state index contributed by atoms with van der Waals surface area (Å²) in [5.74, 6) is 0. The lowest BCUT2D eigenvalue weighted by Crippen LogP contribution is -2.40. The second-order valence-electron chi connectivity index (χ2n) is 17.5. The molecule has 65 heavy (non-hydrogen) atoms. The van der Waals surface area contributed by atoms with Gasteiger partial charge in [0.05, 0.1) is 22.8 Å². The first-order valence-corrected chi connectivity index (χ1v) is 21.8. The molecule has 10 rings (SSSR count). The molecule has 4 aliphatic heterocycles. The summed E-state index contributed by atoms with van der Waals surface area (Å²) >= 11 is 0. The van der Waals surface area contributed by atoms with Crippen LogP contribution in [-0.2, 0) is 35.5 Å². The van der Waals surface area contributed by atoms with Crippen molar-refractivity contribution in [3.63, 3.8) is 0 Å². The van der Waals surface area contributed by atoms with E-state index in [1.165, 1.54) is 44.7 Å². The Hall–Kier alpha value is -6.69. The molecule has 4 aliphatic rings. The zero-order valence-electron chi connectivity index (χ0n) is 37.1. The normalized spacial score (nSPS) is 18.6. The van der Waals surface area contributed by atoms with Gasteiger partial charge in [-0.3, -0.25) is 4.79 Å². The highest BCUT2D eigenvalue weighted by Gasteiger charge is 2.32. The van der Waals surface area contributed by atoms with E-state index in [4.69, 9.17) is 14.5 Å². The number of H-pyrrole nitrogens is 2. The maximum absolute atomic E-state index is 12.4. The van der Waals surface area contributed by atoms with Crippen molar-refractivity contribution in [2.24, 2.45) is 0 Å². The Balaban J connectivity index is 0.000000161. The number of amides is 1. The van der Waals surface area contributed by atoms with Gasteiger partial charge in [-0.1, -0.05) is 12.2 Å². The average Bonchev–Trinajstić information content (AvgIpc) is 3.99. The number of hydrogen-bond donors (Lipinski definition) is 3. The summed E-state index contributed by atoms with van der Waals surface area (Å²) in [5.41, 5.74) is 13.1. The largest absolute Gasteiger partial charge is 0.446 e. The molecule has 1 amide bonds. The number of nitrogens with one attached hydrogen (secondary N) is 3. The lowest BCUT2D eigenvalue weighted by molar-refractivity contribution is -0.156. The number of fused-ring (bicyclic) bond motifs is 4. The summed E-state index contributed by atoms with van der Waals surface area (Å²) in [6.07, 6.45) is 13.0. The first kappa shape index (κ1) is 44.9. The van der Waals surface area contributed by atoms with Crippen molar-refractivity contribution >= 4 is 57.0 Å². The lowest BCUT2D eigenvalue weighted by Gasteiger charge is -2.37. The predicted octanol–water partition coefficient (Wildman–Crippen LogP) is 7.76. The number of halogens is 3. The Bertz CT molecular complexity index is 2740. The molecule has 0 aliphatic carbocycles. The summed E-state index contributed by atoms with van der Waals surface area (Å²) in [5, 5.41) is 5.67. The average molecular weight is 891 g/mol. The van der Waals surface area contributed by atoms with E-state index >= 15 is 0 Å². The molecule has 0 unspecified atom stereocenters. The van der Waals surface area contributed by atoms with Crippen molar-refractivity contribution in [3.8, 4) is 0 Å². The number of nitrogens with zero attached hydrogens (tertiary/aromatic N) is 9. The van der Waals surface area contributed by atoms with E-state index in [0.717, 1.165) is 85.6 Å². The topological polar surface area (TPSA) is 174 Å². The van der Waals surface area contributed by atoms with Crippen LogP contribution >= 0.6 is 0 Å². The molecule has 15 nitrogen and oxygen atoms in total. The van der Waals surface area contributed by atoms with Gasteiger partial charge in [-0.25, -0.2) is 34.7 Å². The van der Waals surface area contributed by atoms with Crippen LogP contribution in [0.3, 0.4) is 0 Å². The van der Waals surface area contributed by atoms with Gasteiger partial charge in [0.25, 0.3) is 0 Å². The summed E-state index contributed by atoms with van der Waals surface area (Å²) < 4.78 is 36.8. The number of rotatable bonds is 4. The number of aromatic nitrogens is 8. The molecule has 0 radical (unpaired) electrons. The van der Waals surface area contributed by atoms with E-state index in [-0.39, 0.29) is 6.09 Å². The summed E-state index contributed by atoms with van der Waals surface area (Å²) in [6, 6.07) is 9.08. The van der Waals surface area contributed by atoms with Gasteiger partial charge in [0.15, 0.2) is 0 Å². The highest BCUT2D eigenvalue weighted by atomic mass is 19.4. The molecule has 3 N–H and O–H groups in total. The zero-order valence-corrected chi connectivity index (χ0v) is 37.1. The van der Waals surface area contributed by atoms with Gasteiger partial charge in [-0.2, -0.15) is 13.2 Å². The third kappa shape index (κ3) is 10.2. The SMILES string of the molecule is C[C@@H]1Cc2ncnc(C3=CCN(C(=O)OC(C)(C)C)CC3)c2CN1c1ccnc2[nH]ccc12.C[C@@H]1Cc2ncnc(C3=CCNCC3)c2CN1c1ccnc2[nH]ccc12.O=CC(F)(F)F. The third-order valence-corrected chi connectivity index (χ3v) is 11.9. The van der Waals surface area contributed by atoms with E-state index in [0.29, 0.717) is 25.2 Å². The fraction of sp³-hybridized carbons (Fsp3) is 0.404. The fourth-order valence-corrected chi connectivity index (χ4v) is 8.82. The van der Waals surface area contributed by atoms with Crippen LogP contribution in [0.2, 0.25) is 0 Å². The standard InChI is InChI=1S/C25H30N6O2.C20H22N6.C2HF3O/c1-16-13-20-19(14-31(16)21-6-10-27-23-18(21)5-9-26-23)22(29-15-28-20)17-7-11-30(12-8-17)24(32)33-25(2,3)4;1-13-10-17-16(19(25-12-24-17)14-2-6-21-7-3-14)11-26(13)18-5-9-23-20-15(18)4-8-22-20;3-2(4,5)1-6/h5-7,9-10,15-16H,8,11-14H2,1-4H3,(H,26,27);2,4-5,8-9,12-13,21H,3,6-7,10-11H2,1H3,(H,22,23);1H/t16-;13-;/m11./s1. The highest BCUT2D eigenvalue weighted by Crippen LogP contribution is 2.37. The van der Waals surface area contributed by atoms with Crippen LogP contribution in [0.25, 0.3) is 33.2 Å². The molecule has 0 fully saturated rings. The minimum absolute atomic E-state index is 0.268. The van der Waals surface area contributed by atoms with Crippen LogP contribution in [0.15, 0.2) is 73.9 Å². The number of aromatic amines is 2. The molecule has 10 heterocycles. The molecule has 0 aromatic carbocycles. The minimum Gasteiger partial charge on any atom is -0.444 e. The highest BCUT2D eigenvalue weighted by molar-refractivity contribution is 5.91. The molecule has 0 bridgehead atoms. The molecule has 0 spiro atoms. The van der Waals surface area contributed by atoms with Gasteiger partial charge in [-0.05, 0) is 89.4 Å². The van der Waals surface area contributed by atoms with Gasteiger partial charge in [0.2, 0.25) is 6.29 Å². The second-order valence-corrected chi connectivity index (χ2v) is 17.5. The van der Waals surface area contributed by atoms with Gasteiger partial charge in [0, 0.05) is 116 Å². The van der Waals surface area contributed by atoms with Crippen LogP contribution in [0.1, 0.15) is 81.4 Å². The number of hydrogen-bond acceptors (Lipinski definition) is 12. The van der Waals surface area contributed by atoms with E-state index < -0.39 is 18.1 Å². The van der Waals surface area contributed by atoms with Gasteiger partial charge in [0.1, 0.15) is 29.6 Å². The number of anilines is 2. The molecule has 0 saturated carbocycles. The molecule has 6 aromatic heterocycles. The number of ether oxygens (including phenoxy) is 1. The zero-order chi connectivity index (χ0) is 45.9. The Morgan fingerprint density at radius 2 is 1.28 bits per heavy atom. The summed E-state index contributed by atoms with van der Waals surface area (Å²) in [7, 11) is 0. The molecule has 18 heteroatoms. The van der Waals surface area contributed by atoms with Gasteiger partial charge in [-0.15, -0.1) is 0 Å². The molecule has 0 saturated heterocycles. The van der Waals surface area contributed by atoms with Crippen molar-refractivity contribution in [1.82, 2.24) is 50.1 Å². The third-order valence-electron chi connectivity index (χ3n) is 11.9. The predicted molar refractivity (Wildman–Crippen MR) is 243 cm³/mol. The first-order valence-electron chi connectivity index (χ1n) is 21.8.